The zero-order valence-corrected chi connectivity index (χ0v) is 29.3. The summed E-state index contributed by atoms with van der Waals surface area (Å²) in [6, 6.07) is -2.42. The van der Waals surface area contributed by atoms with E-state index in [-0.39, 0.29) is 47.2 Å². The Morgan fingerprint density at radius 3 is 1.69 bits per heavy atom. The summed E-state index contributed by atoms with van der Waals surface area (Å²) in [5, 5.41) is 22.0. The van der Waals surface area contributed by atoms with Gasteiger partial charge in [0.15, 0.2) is 0 Å². The zero-order valence-electron chi connectivity index (χ0n) is 28.2. The van der Waals surface area contributed by atoms with Gasteiger partial charge in [0.25, 0.3) is 0 Å². The van der Waals surface area contributed by atoms with Crippen LogP contribution in [0.1, 0.15) is 75.2 Å². The maximum absolute atomic E-state index is 13.1. The standard InChI is InChI=1S/C29H49N4O6.C5H5.Fe/c1-17(2)14-21(31-27(37)25(19(5)6)33-28(38)39-29(7,8)9)22(34)15-23(35)32-24(18(3)4)26(36)30-16-20-12-10-11-13-20;1-2-4-5-3-1;/h10-13,17-19,21-22,24-25,34H,14-16H2,1-9H3,(H,30,36)(H,31,37)(H,32,35)(H,33,38);1-5H;/q;;+2/t21-,22-,24-,25-;;/m0../s1. The van der Waals surface area contributed by atoms with Crippen molar-refractivity contribution in [3.63, 3.8) is 0 Å². The van der Waals surface area contributed by atoms with Crippen LogP contribution in [0.15, 0.2) is 0 Å². The Hall–Kier alpha value is -1.84. The molecule has 0 aromatic carbocycles. The first-order valence-electron chi connectivity index (χ1n) is 15.4. The van der Waals surface area contributed by atoms with Crippen molar-refractivity contribution in [3.05, 3.63) is 63.7 Å². The summed E-state index contributed by atoms with van der Waals surface area (Å²) in [4.78, 5) is 51.1. The van der Waals surface area contributed by atoms with Crippen molar-refractivity contribution in [2.75, 3.05) is 6.54 Å². The van der Waals surface area contributed by atoms with Crippen molar-refractivity contribution in [1.29, 1.82) is 0 Å². The third-order valence-corrected chi connectivity index (χ3v) is 6.55. The number of aliphatic hydroxyl groups excluding tert-OH is 1. The number of hydrogen-bond acceptors (Lipinski definition) is 6. The summed E-state index contributed by atoms with van der Waals surface area (Å²) >= 11 is 0. The van der Waals surface area contributed by atoms with E-state index in [0.717, 1.165) is 5.92 Å². The van der Waals surface area contributed by atoms with Crippen LogP contribution in [-0.2, 0) is 36.2 Å². The third kappa shape index (κ3) is 18.8. The molecule has 5 N–H and O–H groups in total. The van der Waals surface area contributed by atoms with Crippen LogP contribution in [0.2, 0.25) is 0 Å². The predicted molar refractivity (Wildman–Crippen MR) is 172 cm³/mol. The Kier molecular flexibility index (Phi) is 21.0. The first kappa shape index (κ1) is 43.2. The molecule has 10 nitrogen and oxygen atoms in total. The van der Waals surface area contributed by atoms with Crippen LogP contribution in [-0.4, -0.2) is 65.3 Å². The van der Waals surface area contributed by atoms with Crippen molar-refractivity contribution in [1.82, 2.24) is 21.3 Å². The van der Waals surface area contributed by atoms with E-state index in [4.69, 9.17) is 4.74 Å². The molecule has 0 aliphatic heterocycles. The average Bonchev–Trinajstić information content (AvgIpc) is 3.64. The van der Waals surface area contributed by atoms with Crippen molar-refractivity contribution >= 4 is 23.8 Å². The van der Waals surface area contributed by atoms with Gasteiger partial charge in [-0.2, -0.15) is 0 Å². The van der Waals surface area contributed by atoms with Gasteiger partial charge in [-0.3, -0.25) is 14.4 Å². The zero-order chi connectivity index (χ0) is 33.4. The molecule has 0 unspecified atom stereocenters. The van der Waals surface area contributed by atoms with Gasteiger partial charge >= 0.3 is 23.2 Å². The molecule has 2 saturated carbocycles. The van der Waals surface area contributed by atoms with Crippen LogP contribution in [0.5, 0.6) is 0 Å². The molecule has 0 aromatic heterocycles. The van der Waals surface area contributed by atoms with Crippen molar-refractivity contribution in [2.24, 2.45) is 17.8 Å². The first-order chi connectivity index (χ1) is 20.5. The number of carbonyl (C=O) groups is 4. The Labute approximate surface area is 283 Å². The van der Waals surface area contributed by atoms with E-state index < -0.39 is 47.7 Å². The quantitative estimate of drug-likeness (QED) is 0.179. The molecule has 2 rings (SSSR count). The summed E-state index contributed by atoms with van der Waals surface area (Å²) in [7, 11) is 0. The molecule has 252 valence electrons. The minimum Gasteiger partial charge on any atom is -0.444 e. The largest absolute Gasteiger partial charge is 2.00 e. The van der Waals surface area contributed by atoms with E-state index in [1.54, 1.807) is 34.6 Å². The van der Waals surface area contributed by atoms with Gasteiger partial charge in [0, 0.05) is 12.5 Å². The Bertz CT molecular complexity index is 875. The molecule has 0 bridgehead atoms. The maximum atomic E-state index is 13.1. The second-order valence-electron chi connectivity index (χ2n) is 13.1. The van der Waals surface area contributed by atoms with Crippen molar-refractivity contribution in [2.45, 2.75) is 105 Å². The van der Waals surface area contributed by atoms with E-state index in [0.29, 0.717) is 13.0 Å². The smallest absolute Gasteiger partial charge is 0.444 e. The minimum absolute atomic E-state index is 0. The molecule has 11 heteroatoms. The van der Waals surface area contributed by atoms with Crippen LogP contribution < -0.4 is 21.3 Å². The fraction of sp³-hybridized carbons (Fsp3) is 0.588. The molecule has 2 aliphatic carbocycles. The van der Waals surface area contributed by atoms with Crippen LogP contribution in [0.25, 0.3) is 0 Å². The Morgan fingerprint density at radius 2 is 1.24 bits per heavy atom. The van der Waals surface area contributed by atoms with E-state index in [2.05, 4.69) is 21.3 Å². The second-order valence-corrected chi connectivity index (χ2v) is 13.1. The molecule has 4 atom stereocenters. The van der Waals surface area contributed by atoms with Crippen molar-refractivity contribution < 1.29 is 46.1 Å². The summed E-state index contributed by atoms with van der Waals surface area (Å²) in [5.74, 6) is -0.656. The average molecular weight is 671 g/mol. The monoisotopic (exact) mass is 670 g/mol. The molecule has 45 heavy (non-hydrogen) atoms. The molecule has 2 fully saturated rings. The maximum Gasteiger partial charge on any atom is 2.00 e. The number of alkyl carbamates (subject to hydrolysis) is 1. The molecular formula is C34H54FeN4O6+2. The number of hydrogen-bond donors (Lipinski definition) is 5. The normalized spacial score (nSPS) is 17.8. The SMILES string of the molecule is CC(C)C[C@H](NC(=O)[C@@H](NC(=O)OC(C)(C)C)C(C)C)[C@@H](O)CC(=O)N[C@H](C(=O)NC[C]1[CH][CH][CH][CH]1)C(C)C.[CH]1[CH][CH][CH][CH]1.[Fe+2]. The van der Waals surface area contributed by atoms with Crippen LogP contribution >= 0.6 is 0 Å². The van der Waals surface area contributed by atoms with Crippen LogP contribution in [0, 0.1) is 81.5 Å². The predicted octanol–water partition coefficient (Wildman–Crippen LogP) is 3.50. The summed E-state index contributed by atoms with van der Waals surface area (Å²) in [6.45, 7) is 16.7. The van der Waals surface area contributed by atoms with Crippen molar-refractivity contribution in [3.8, 4) is 0 Å². The van der Waals surface area contributed by atoms with E-state index >= 15 is 0 Å². The van der Waals surface area contributed by atoms with Gasteiger partial charge in [-0.25, -0.2) is 4.79 Å². The molecule has 10 radical (unpaired) electrons. The number of rotatable bonds is 14. The Morgan fingerprint density at radius 1 is 0.756 bits per heavy atom. The molecule has 0 saturated heterocycles. The molecule has 2 aliphatic rings. The van der Waals surface area contributed by atoms with E-state index in [9.17, 15) is 24.3 Å². The summed E-state index contributed by atoms with van der Waals surface area (Å²) < 4.78 is 5.29. The number of amides is 4. The van der Waals surface area contributed by atoms with E-state index in [1.165, 1.54) is 0 Å². The first-order valence-corrected chi connectivity index (χ1v) is 15.4. The van der Waals surface area contributed by atoms with Crippen LogP contribution in [0.3, 0.4) is 0 Å². The minimum atomic E-state index is -1.20. The molecule has 4 amide bonds. The number of aliphatic hydroxyl groups is 1. The molecule has 0 heterocycles. The van der Waals surface area contributed by atoms with Gasteiger partial charge in [0.1, 0.15) is 17.7 Å². The molecular weight excluding hydrogens is 616 g/mol. The van der Waals surface area contributed by atoms with Gasteiger partial charge < -0.3 is 31.1 Å². The van der Waals surface area contributed by atoms with Gasteiger partial charge in [-0.1, -0.05) is 41.5 Å². The van der Waals surface area contributed by atoms with Gasteiger partial charge in [-0.05, 0) is 103 Å². The second kappa shape index (κ2) is 21.9. The summed E-state index contributed by atoms with van der Waals surface area (Å²) in [6.07, 6.45) is 15.8. The fourth-order valence-corrected chi connectivity index (χ4v) is 4.31. The number of nitrogens with one attached hydrogen (secondary N) is 4. The molecule has 0 spiro atoms. The fourth-order valence-electron chi connectivity index (χ4n) is 4.31. The topological polar surface area (TPSA) is 146 Å². The third-order valence-electron chi connectivity index (χ3n) is 6.55. The van der Waals surface area contributed by atoms with Gasteiger partial charge in [0.2, 0.25) is 17.7 Å². The van der Waals surface area contributed by atoms with E-state index in [1.807, 2.05) is 85.5 Å². The van der Waals surface area contributed by atoms with Crippen LogP contribution in [0.4, 0.5) is 4.79 Å². The van der Waals surface area contributed by atoms with Gasteiger partial charge in [-0.15, -0.1) is 0 Å². The van der Waals surface area contributed by atoms with Gasteiger partial charge in [0.05, 0.1) is 18.6 Å². The number of ether oxygens (including phenoxy) is 1. The summed E-state index contributed by atoms with van der Waals surface area (Å²) in [5.41, 5.74) is -0.722. The molecule has 0 aromatic rings. The Balaban J connectivity index is 0.00000291. The number of carbonyl (C=O) groups excluding carboxylic acids is 4.